The molecule has 2 nitrogen and oxygen atoms in total. The third-order valence-corrected chi connectivity index (χ3v) is 4.11. The second-order valence-corrected chi connectivity index (χ2v) is 6.67. The van der Waals surface area contributed by atoms with Crippen LogP contribution in [0.15, 0.2) is 18.2 Å². The Morgan fingerprint density at radius 1 is 1.23 bits per heavy atom. The van der Waals surface area contributed by atoms with Crippen molar-refractivity contribution in [1.29, 1.82) is 0 Å². The first-order valence-electron chi connectivity index (χ1n) is 8.03. The van der Waals surface area contributed by atoms with E-state index in [0.29, 0.717) is 17.9 Å². The summed E-state index contributed by atoms with van der Waals surface area (Å²) in [4.78, 5) is 12.3. The van der Waals surface area contributed by atoms with Gasteiger partial charge < -0.3 is 4.74 Å². The van der Waals surface area contributed by atoms with Crippen molar-refractivity contribution in [2.24, 2.45) is 11.8 Å². The van der Waals surface area contributed by atoms with Gasteiger partial charge in [0, 0.05) is 12.5 Å². The van der Waals surface area contributed by atoms with Crippen LogP contribution in [0.2, 0.25) is 0 Å². The average molecular weight is 310 g/mol. The predicted molar refractivity (Wildman–Crippen MR) is 81.4 cm³/mol. The lowest BCUT2D eigenvalue weighted by Gasteiger charge is -2.29. The summed E-state index contributed by atoms with van der Waals surface area (Å²) in [6.07, 6.45) is 4.25. The molecule has 0 spiro atoms. The number of Topliss-reactive ketones (excluding diaryl/α,β-unsaturated/α-hetero) is 1. The lowest BCUT2D eigenvalue weighted by molar-refractivity contribution is -0.134. The Balaban J connectivity index is 1.96. The maximum Gasteiger partial charge on any atom is 0.161 e. The fourth-order valence-electron chi connectivity index (χ4n) is 2.75. The standard InChI is InChI=1S/C18H24F2O2/c1-12(2)6-17(21)18(9-13-4-3-5-13)22-11-14-7-15(19)10-16(20)8-14/h7-8,10,12-13,18H,3-6,9,11H2,1-2H3. The summed E-state index contributed by atoms with van der Waals surface area (Å²) in [6.45, 7) is 4.07. The molecule has 4 heteroatoms. The average Bonchev–Trinajstić information content (AvgIpc) is 2.34. The van der Waals surface area contributed by atoms with Crippen LogP contribution in [0, 0.1) is 23.5 Å². The number of carbonyl (C=O) groups excluding carboxylic acids is 1. The molecule has 1 saturated carbocycles. The first kappa shape index (κ1) is 17.1. The molecular weight excluding hydrogens is 286 g/mol. The molecule has 1 unspecified atom stereocenters. The highest BCUT2D eigenvalue weighted by atomic mass is 19.1. The quantitative estimate of drug-likeness (QED) is 0.698. The first-order chi connectivity index (χ1) is 10.4. The van der Waals surface area contributed by atoms with Crippen molar-refractivity contribution in [2.45, 2.75) is 58.7 Å². The van der Waals surface area contributed by atoms with Gasteiger partial charge in [0.25, 0.3) is 0 Å². The maximum atomic E-state index is 13.2. The zero-order valence-electron chi connectivity index (χ0n) is 13.3. The minimum absolute atomic E-state index is 0.0654. The van der Waals surface area contributed by atoms with Crippen LogP contribution in [-0.4, -0.2) is 11.9 Å². The third kappa shape index (κ3) is 5.16. The van der Waals surface area contributed by atoms with E-state index in [9.17, 15) is 13.6 Å². The Morgan fingerprint density at radius 2 is 1.86 bits per heavy atom. The van der Waals surface area contributed by atoms with Gasteiger partial charge in [0.2, 0.25) is 0 Å². The molecule has 2 rings (SSSR count). The molecule has 1 aliphatic rings. The largest absolute Gasteiger partial charge is 0.366 e. The Labute approximate surface area is 130 Å². The summed E-state index contributed by atoms with van der Waals surface area (Å²) in [5.41, 5.74) is 0.424. The predicted octanol–water partition coefficient (Wildman–Crippen LogP) is 4.66. The second kappa shape index (κ2) is 7.82. The Kier molecular flexibility index (Phi) is 6.07. The van der Waals surface area contributed by atoms with E-state index in [0.717, 1.165) is 25.3 Å². The molecule has 22 heavy (non-hydrogen) atoms. The van der Waals surface area contributed by atoms with E-state index in [4.69, 9.17) is 4.74 Å². The molecule has 0 saturated heterocycles. The molecule has 1 aromatic carbocycles. The molecule has 0 N–H and O–H groups in total. The van der Waals surface area contributed by atoms with Gasteiger partial charge in [-0.15, -0.1) is 0 Å². The zero-order chi connectivity index (χ0) is 16.1. The Hall–Kier alpha value is -1.29. The van der Waals surface area contributed by atoms with Gasteiger partial charge in [-0.05, 0) is 36.0 Å². The topological polar surface area (TPSA) is 26.3 Å². The minimum Gasteiger partial charge on any atom is -0.366 e. The van der Waals surface area contributed by atoms with Crippen molar-refractivity contribution in [1.82, 2.24) is 0 Å². The number of halogens is 2. The molecule has 0 aliphatic heterocycles. The van der Waals surface area contributed by atoms with E-state index in [1.807, 2.05) is 13.8 Å². The molecule has 0 radical (unpaired) electrons. The van der Waals surface area contributed by atoms with Crippen molar-refractivity contribution in [3.8, 4) is 0 Å². The SMILES string of the molecule is CC(C)CC(=O)C(CC1CCC1)OCc1cc(F)cc(F)c1. The van der Waals surface area contributed by atoms with E-state index in [-0.39, 0.29) is 18.3 Å². The van der Waals surface area contributed by atoms with Crippen LogP contribution in [0.3, 0.4) is 0 Å². The monoisotopic (exact) mass is 310 g/mol. The fourth-order valence-corrected chi connectivity index (χ4v) is 2.75. The van der Waals surface area contributed by atoms with Crippen LogP contribution in [0.5, 0.6) is 0 Å². The van der Waals surface area contributed by atoms with Crippen LogP contribution in [-0.2, 0) is 16.1 Å². The van der Waals surface area contributed by atoms with E-state index in [1.165, 1.54) is 18.6 Å². The highest BCUT2D eigenvalue weighted by molar-refractivity contribution is 5.83. The van der Waals surface area contributed by atoms with E-state index in [1.54, 1.807) is 0 Å². The lowest BCUT2D eigenvalue weighted by atomic mass is 9.80. The second-order valence-electron chi connectivity index (χ2n) is 6.67. The molecule has 0 bridgehead atoms. The molecule has 1 atom stereocenters. The van der Waals surface area contributed by atoms with Gasteiger partial charge >= 0.3 is 0 Å². The minimum atomic E-state index is -0.623. The molecule has 1 aliphatic carbocycles. The number of hydrogen-bond acceptors (Lipinski definition) is 2. The number of rotatable bonds is 8. The summed E-state index contributed by atoms with van der Waals surface area (Å²) in [5.74, 6) is -0.318. The molecule has 1 fully saturated rings. The Bertz CT molecular complexity index is 490. The van der Waals surface area contributed by atoms with Gasteiger partial charge in [-0.1, -0.05) is 33.1 Å². The summed E-state index contributed by atoms with van der Waals surface area (Å²) in [7, 11) is 0. The van der Waals surface area contributed by atoms with Gasteiger partial charge in [0.05, 0.1) is 6.61 Å². The van der Waals surface area contributed by atoms with Gasteiger partial charge in [-0.25, -0.2) is 8.78 Å². The van der Waals surface area contributed by atoms with Gasteiger partial charge in [-0.2, -0.15) is 0 Å². The van der Waals surface area contributed by atoms with Crippen LogP contribution in [0.25, 0.3) is 0 Å². The van der Waals surface area contributed by atoms with Crippen LogP contribution < -0.4 is 0 Å². The Morgan fingerprint density at radius 3 is 2.36 bits per heavy atom. The fraction of sp³-hybridized carbons (Fsp3) is 0.611. The zero-order valence-corrected chi connectivity index (χ0v) is 13.3. The van der Waals surface area contributed by atoms with Gasteiger partial charge in [0.15, 0.2) is 5.78 Å². The molecule has 0 heterocycles. The van der Waals surface area contributed by atoms with Crippen molar-refractivity contribution >= 4 is 5.78 Å². The number of hydrogen-bond donors (Lipinski definition) is 0. The van der Waals surface area contributed by atoms with E-state index in [2.05, 4.69) is 0 Å². The summed E-state index contributed by atoms with van der Waals surface area (Å²) in [6, 6.07) is 3.33. The van der Waals surface area contributed by atoms with Crippen molar-refractivity contribution in [2.75, 3.05) is 0 Å². The first-order valence-corrected chi connectivity index (χ1v) is 8.03. The van der Waals surface area contributed by atoms with Gasteiger partial charge in [-0.3, -0.25) is 4.79 Å². The molecule has 0 aromatic heterocycles. The smallest absolute Gasteiger partial charge is 0.161 e. The van der Waals surface area contributed by atoms with Crippen LogP contribution >= 0.6 is 0 Å². The van der Waals surface area contributed by atoms with Crippen molar-refractivity contribution in [3.05, 3.63) is 35.4 Å². The number of ether oxygens (including phenoxy) is 1. The summed E-state index contributed by atoms with van der Waals surface area (Å²) in [5, 5.41) is 0. The number of benzene rings is 1. The molecular formula is C18H24F2O2. The highest BCUT2D eigenvalue weighted by Gasteiger charge is 2.27. The maximum absolute atomic E-state index is 13.2. The summed E-state index contributed by atoms with van der Waals surface area (Å²) >= 11 is 0. The van der Waals surface area contributed by atoms with Crippen molar-refractivity contribution < 1.29 is 18.3 Å². The highest BCUT2D eigenvalue weighted by Crippen LogP contribution is 2.32. The van der Waals surface area contributed by atoms with E-state index < -0.39 is 17.7 Å². The van der Waals surface area contributed by atoms with Crippen LogP contribution in [0.1, 0.15) is 51.5 Å². The van der Waals surface area contributed by atoms with Crippen LogP contribution in [0.4, 0.5) is 8.78 Å². The molecule has 122 valence electrons. The number of ketones is 1. The molecule has 0 amide bonds. The number of carbonyl (C=O) groups is 1. The van der Waals surface area contributed by atoms with Gasteiger partial charge in [0.1, 0.15) is 17.7 Å². The third-order valence-electron chi connectivity index (χ3n) is 4.11. The van der Waals surface area contributed by atoms with Crippen molar-refractivity contribution in [3.63, 3.8) is 0 Å². The lowest BCUT2D eigenvalue weighted by Crippen LogP contribution is -2.30. The summed E-state index contributed by atoms with van der Waals surface area (Å²) < 4.78 is 32.1. The normalized spacial score (nSPS) is 16.6. The molecule has 1 aromatic rings. The van der Waals surface area contributed by atoms with E-state index >= 15 is 0 Å².